The Morgan fingerprint density at radius 3 is 0.983 bits per heavy atom. The lowest BCUT2D eigenvalue weighted by Gasteiger charge is -2.20. The summed E-state index contributed by atoms with van der Waals surface area (Å²) in [7, 11) is 0. The highest BCUT2D eigenvalue weighted by Gasteiger charge is 2.26. The van der Waals surface area contributed by atoms with E-state index < -0.39 is 91.0 Å². The highest BCUT2D eigenvalue weighted by Crippen LogP contribution is 2.14. The van der Waals surface area contributed by atoms with Gasteiger partial charge in [-0.1, -0.05) is 83.6 Å². The normalized spacial score (nSPS) is 12.9. The smallest absolute Gasteiger partial charge is 0.326 e. The van der Waals surface area contributed by atoms with Gasteiger partial charge in [-0.25, -0.2) is 19.2 Å². The van der Waals surface area contributed by atoms with Crippen molar-refractivity contribution in [1.29, 1.82) is 0 Å². The number of rotatable bonds is 38. The Kier molecular flexibility index (Phi) is 29.2. The number of amides is 3. The summed E-state index contributed by atoms with van der Waals surface area (Å²) in [5, 5.41) is 56.2. The molecule has 0 aliphatic rings. The molecule has 0 aliphatic carbocycles. The predicted molar refractivity (Wildman–Crippen MR) is 212 cm³/mol. The van der Waals surface area contributed by atoms with E-state index in [1.165, 1.54) is 32.6 Å². The summed E-state index contributed by atoms with van der Waals surface area (Å²) >= 11 is 0. The molecule has 3 amide bonds. The van der Waals surface area contributed by atoms with E-state index in [1.807, 2.05) is 0 Å². The Balaban J connectivity index is 4.47. The third-order valence-electron chi connectivity index (χ3n) is 9.46. The van der Waals surface area contributed by atoms with Crippen molar-refractivity contribution in [1.82, 2.24) is 21.3 Å². The minimum absolute atomic E-state index is 0.00667. The Labute approximate surface area is 340 Å². The van der Waals surface area contributed by atoms with Crippen LogP contribution in [0.25, 0.3) is 0 Å². The van der Waals surface area contributed by atoms with Gasteiger partial charge in [-0.3, -0.25) is 19.2 Å². The van der Waals surface area contributed by atoms with Gasteiger partial charge in [0.25, 0.3) is 0 Å². The average molecular weight is 827 g/mol. The van der Waals surface area contributed by atoms with Gasteiger partial charge in [0.15, 0.2) is 0 Å². The topological polar surface area (TPSA) is 303 Å². The lowest BCUT2D eigenvalue weighted by atomic mass is 10.0. The first-order valence-electron chi connectivity index (χ1n) is 20.4. The van der Waals surface area contributed by atoms with Crippen molar-refractivity contribution in [2.75, 3.05) is 0 Å². The molecule has 0 saturated carbocycles. The molecule has 0 aromatic heterocycles. The van der Waals surface area contributed by atoms with Gasteiger partial charge >= 0.3 is 29.8 Å². The third-order valence-corrected chi connectivity index (χ3v) is 9.46. The number of aliphatic carboxylic acids is 5. The van der Waals surface area contributed by atoms with Crippen molar-refractivity contribution < 1.29 is 68.7 Å². The van der Waals surface area contributed by atoms with Crippen LogP contribution in [0.2, 0.25) is 0 Å². The molecular formula is C40H66N4O14. The third kappa shape index (κ3) is 29.2. The lowest BCUT2D eigenvalue weighted by molar-refractivity contribution is -0.144. The minimum Gasteiger partial charge on any atom is -0.481 e. The van der Waals surface area contributed by atoms with Gasteiger partial charge in [0, 0.05) is 37.8 Å². The van der Waals surface area contributed by atoms with E-state index in [0.29, 0.717) is 6.42 Å². The molecule has 18 nitrogen and oxygen atoms in total. The highest BCUT2D eigenvalue weighted by atomic mass is 16.4. The number of carboxylic acids is 5. The Bertz CT molecular complexity index is 1350. The van der Waals surface area contributed by atoms with E-state index in [-0.39, 0.29) is 56.4 Å². The molecule has 0 aromatic carbocycles. The van der Waals surface area contributed by atoms with Crippen LogP contribution < -0.4 is 21.3 Å². The van der Waals surface area contributed by atoms with Crippen LogP contribution in [0, 0.1) is 0 Å². The second-order valence-corrected chi connectivity index (χ2v) is 14.7. The summed E-state index contributed by atoms with van der Waals surface area (Å²) < 4.78 is 0. The number of carbonyl (C=O) groups excluding carboxylic acids is 4. The molecule has 4 atom stereocenters. The molecule has 0 radical (unpaired) electrons. The van der Waals surface area contributed by atoms with Crippen molar-refractivity contribution in [3.05, 3.63) is 12.3 Å². The van der Waals surface area contributed by atoms with Crippen LogP contribution in [0.1, 0.15) is 161 Å². The Morgan fingerprint density at radius 2 is 0.655 bits per heavy atom. The zero-order valence-electron chi connectivity index (χ0n) is 33.9. The number of carbonyl (C=O) groups is 9. The summed E-state index contributed by atoms with van der Waals surface area (Å²) in [6.45, 7) is 5.00. The average Bonchev–Trinajstić information content (AvgIpc) is 3.14. The molecule has 330 valence electrons. The number of unbranched alkanes of at least 4 members (excludes halogenated alkanes) is 13. The first kappa shape index (κ1) is 53.0. The van der Waals surface area contributed by atoms with E-state index >= 15 is 0 Å². The van der Waals surface area contributed by atoms with E-state index in [1.54, 1.807) is 0 Å². The summed E-state index contributed by atoms with van der Waals surface area (Å²) in [4.78, 5) is 106. The van der Waals surface area contributed by atoms with E-state index in [4.69, 9.17) is 5.11 Å². The van der Waals surface area contributed by atoms with Crippen LogP contribution in [0.5, 0.6) is 0 Å². The van der Waals surface area contributed by atoms with Crippen LogP contribution in [0.3, 0.4) is 0 Å². The predicted octanol–water partition coefficient (Wildman–Crippen LogP) is 4.29. The molecule has 0 fully saturated rings. The molecule has 0 rings (SSSR count). The van der Waals surface area contributed by atoms with Crippen molar-refractivity contribution >= 4 is 53.4 Å². The van der Waals surface area contributed by atoms with Crippen molar-refractivity contribution in [2.24, 2.45) is 0 Å². The maximum Gasteiger partial charge on any atom is 0.326 e. The molecule has 0 bridgehead atoms. The van der Waals surface area contributed by atoms with Gasteiger partial charge < -0.3 is 51.6 Å². The van der Waals surface area contributed by atoms with Crippen LogP contribution >= 0.6 is 0 Å². The van der Waals surface area contributed by atoms with Crippen LogP contribution in [-0.2, 0) is 43.2 Å². The van der Waals surface area contributed by atoms with Gasteiger partial charge in [-0.05, 0) is 51.9 Å². The van der Waals surface area contributed by atoms with Gasteiger partial charge in [0.2, 0.25) is 17.7 Å². The molecule has 0 aliphatic heterocycles. The van der Waals surface area contributed by atoms with Gasteiger partial charge in [-0.15, -0.1) is 0 Å². The van der Waals surface area contributed by atoms with Crippen molar-refractivity contribution in [3.63, 3.8) is 0 Å². The molecule has 58 heavy (non-hydrogen) atoms. The van der Waals surface area contributed by atoms with Gasteiger partial charge in [-0.2, -0.15) is 0 Å². The summed E-state index contributed by atoms with van der Waals surface area (Å²) in [5.74, 6) is -8.53. The van der Waals surface area contributed by atoms with Gasteiger partial charge in [0.05, 0.1) is 0 Å². The zero-order valence-corrected chi connectivity index (χ0v) is 33.9. The highest BCUT2D eigenvalue weighted by molar-refractivity contribution is 5.87. The number of carboxylic acid groups (broad SMARTS) is 5. The van der Waals surface area contributed by atoms with E-state index in [0.717, 1.165) is 57.8 Å². The van der Waals surface area contributed by atoms with Crippen LogP contribution in [0.15, 0.2) is 12.3 Å². The number of hydrogen-bond acceptors (Lipinski definition) is 10. The molecule has 18 heteroatoms. The largest absolute Gasteiger partial charge is 0.481 e. The molecule has 0 aromatic rings. The van der Waals surface area contributed by atoms with Crippen LogP contribution in [0.4, 0.5) is 0 Å². The Hall–Kier alpha value is -5.03. The van der Waals surface area contributed by atoms with Crippen molar-refractivity contribution in [2.45, 2.75) is 185 Å². The fraction of sp³-hybridized carbons (Fsp3) is 0.725. The van der Waals surface area contributed by atoms with Crippen molar-refractivity contribution in [3.8, 4) is 0 Å². The first-order valence-corrected chi connectivity index (χ1v) is 20.4. The number of hydrogen-bond donors (Lipinski definition) is 9. The Morgan fingerprint density at radius 1 is 0.379 bits per heavy atom. The minimum atomic E-state index is -1.55. The maximum absolute atomic E-state index is 12.5. The molecule has 0 saturated heterocycles. The fourth-order valence-electron chi connectivity index (χ4n) is 6.05. The fourth-order valence-corrected chi connectivity index (χ4v) is 6.05. The monoisotopic (exact) mass is 826 g/mol. The quantitative estimate of drug-likeness (QED) is 0.0392. The summed E-state index contributed by atoms with van der Waals surface area (Å²) in [6, 6.07) is -5.48. The van der Waals surface area contributed by atoms with Gasteiger partial charge in [0.1, 0.15) is 30.0 Å². The second kappa shape index (κ2) is 32.0. The standard InChI is InChI=1S/C40H66N4O14/c1-27(41-29(37(51)52)22-20-28(2)45)19-21-30(38(53)54)43-34(47)26-24-32(40(57)58)44-35(48)25-23-31(39(55)56)42-33(46)17-15-13-11-9-7-5-3-4-6-8-10-12-14-16-18-36(49)50/h29-32,41H,1,3-26H2,2H3,(H,42,46)(H,43,47)(H,44,48)(H,49,50)(H,51,52)(H,53,54)(H,55,56)(H,57,58)/t29-,30-,31-,32-/m0/s1. The lowest BCUT2D eigenvalue weighted by Crippen LogP contribution is -2.45. The second-order valence-electron chi connectivity index (χ2n) is 14.7. The molecule has 0 unspecified atom stereocenters. The number of nitrogens with one attached hydrogen (secondary N) is 4. The van der Waals surface area contributed by atoms with E-state index in [2.05, 4.69) is 27.8 Å². The first-order chi connectivity index (χ1) is 27.4. The summed E-state index contributed by atoms with van der Waals surface area (Å²) in [6.07, 6.45) is 12.8. The maximum atomic E-state index is 12.5. The summed E-state index contributed by atoms with van der Waals surface area (Å²) in [5.41, 5.74) is 0.173. The molecule has 0 spiro atoms. The zero-order chi connectivity index (χ0) is 43.9. The number of Topliss-reactive ketones (excluding diaryl/α,β-unsaturated/α-hetero) is 1. The SMILES string of the molecule is C=C(CC[C@H](NC(=O)CC[C@H](NC(=O)CC[C@H](NC(=O)CCCCCCCCCCCCCCCCC(=O)O)C(=O)O)C(=O)O)C(=O)O)N[C@@H](CCC(C)=O)C(=O)O. The van der Waals surface area contributed by atoms with Crippen LogP contribution in [-0.4, -0.2) is 103 Å². The van der Waals surface area contributed by atoms with E-state index in [9.17, 15) is 63.6 Å². The molecule has 9 N–H and O–H groups in total. The number of ketones is 1. The number of allylic oxidation sites excluding steroid dienone is 1. The molecule has 0 heterocycles. The molecular weight excluding hydrogens is 760 g/mol.